The van der Waals surface area contributed by atoms with E-state index in [1.807, 2.05) is 0 Å². The maximum atomic E-state index is 2.57. The van der Waals surface area contributed by atoms with Crippen LogP contribution in [0.15, 0.2) is 115 Å². The lowest BCUT2D eigenvalue weighted by atomic mass is 9.83. The molecule has 5 aromatic carbocycles. The average Bonchev–Trinajstić information content (AvgIpc) is 3.09. The van der Waals surface area contributed by atoms with E-state index in [9.17, 15) is 0 Å². The summed E-state index contributed by atoms with van der Waals surface area (Å²) in [6, 6.07) is 47.6. The van der Waals surface area contributed by atoms with Gasteiger partial charge in [0.1, 0.15) is 0 Å². The Bertz CT molecular complexity index is 1950. The van der Waals surface area contributed by atoms with Gasteiger partial charge in [-0.3, -0.25) is 0 Å². The number of anilines is 2. The first kappa shape index (κ1) is 40.0. The minimum atomic E-state index is -1.63. The summed E-state index contributed by atoms with van der Waals surface area (Å²) in [4.78, 5) is 2.32. The second kappa shape index (κ2) is 14.9. The maximum Gasteiger partial charge on any atom is 0.0803 e. The minimum Gasteiger partial charge on any atom is -0.345 e. The van der Waals surface area contributed by atoms with Crippen LogP contribution < -0.4 is 25.6 Å². The molecule has 0 bridgehead atoms. The molecule has 0 aliphatic carbocycles. The third-order valence-corrected chi connectivity index (χ3v) is 22.8. The Morgan fingerprint density at radius 2 is 0.712 bits per heavy atom. The predicted octanol–water partition coefficient (Wildman–Crippen LogP) is 11.7. The van der Waals surface area contributed by atoms with Gasteiger partial charge < -0.3 is 4.90 Å². The lowest BCUT2D eigenvalue weighted by Crippen LogP contribution is -2.47. The number of hydrogen-bond acceptors (Lipinski definition) is 1. The zero-order valence-electron chi connectivity index (χ0n) is 34.8. The molecule has 52 heavy (non-hydrogen) atoms. The number of rotatable bonds is 11. The van der Waals surface area contributed by atoms with Crippen LogP contribution in [0, 0.1) is 0 Å². The molecule has 0 heterocycles. The predicted molar refractivity (Wildman–Crippen MR) is 247 cm³/mol. The highest BCUT2D eigenvalue weighted by molar-refractivity contribution is 6.94. The molecule has 0 aromatic heterocycles. The van der Waals surface area contributed by atoms with Crippen LogP contribution in [0.1, 0.15) is 26.3 Å². The van der Waals surface area contributed by atoms with Gasteiger partial charge in [0.15, 0.2) is 0 Å². The highest BCUT2D eigenvalue weighted by atomic mass is 28.3. The number of nitrogens with zero attached hydrogens (tertiary/aromatic N) is 1. The normalized spacial score (nSPS) is 13.0. The molecule has 5 rings (SSSR count). The third-order valence-electron chi connectivity index (χ3n) is 11.4. The van der Waals surface area contributed by atoms with Gasteiger partial charge in [0.2, 0.25) is 0 Å². The lowest BCUT2D eigenvalue weighted by Gasteiger charge is -2.30. The second-order valence-corrected chi connectivity index (χ2v) is 39.5. The molecule has 0 radical (unpaired) electrons. The lowest BCUT2D eigenvalue weighted by molar-refractivity contribution is 0.590. The van der Waals surface area contributed by atoms with Crippen LogP contribution in [0.2, 0.25) is 77.6 Å². The number of benzene rings is 5. The Morgan fingerprint density at radius 1 is 0.404 bits per heavy atom. The highest BCUT2D eigenvalue weighted by Crippen LogP contribution is 2.34. The first-order valence-corrected chi connectivity index (χ1v) is 32.8. The molecule has 0 N–H and O–H groups in total. The fraction of sp³-hybridized carbons (Fsp3) is 0.362. The Kier molecular flexibility index (Phi) is 11.4. The van der Waals surface area contributed by atoms with E-state index in [0.29, 0.717) is 0 Å². The second-order valence-electron chi connectivity index (χ2n) is 19.6. The summed E-state index contributed by atoms with van der Waals surface area (Å²) in [6.07, 6.45) is 0. The summed E-state index contributed by atoms with van der Waals surface area (Å²) in [6.45, 7) is 31.7. The topological polar surface area (TPSA) is 3.24 Å². The van der Waals surface area contributed by atoms with Crippen molar-refractivity contribution in [2.24, 2.45) is 0 Å². The maximum absolute atomic E-state index is 2.57. The van der Waals surface area contributed by atoms with Gasteiger partial charge >= 0.3 is 0 Å². The standard InChI is InChI=1S/C47H65NSi4/c1-47(2,3)40-34-38(36-15-23-43(24-16-36)49(5,6)7)33-39(35-40)37-17-25-45(26-18-37)51(11,12)31-32-52(13,14)46-29-21-42(22-30-46)48(4)41-19-27-44(28-20-41)50(8,9)10/h15-30,33-35H,31-32H2,1-14H3. The van der Waals surface area contributed by atoms with Crippen LogP contribution in [-0.2, 0) is 5.41 Å². The van der Waals surface area contributed by atoms with E-state index in [0.717, 1.165) is 0 Å². The molecular formula is C47H65NSi4. The van der Waals surface area contributed by atoms with Gasteiger partial charge in [-0.2, -0.15) is 0 Å². The molecule has 0 saturated carbocycles. The molecule has 0 fully saturated rings. The molecule has 0 saturated heterocycles. The van der Waals surface area contributed by atoms with Gasteiger partial charge in [0, 0.05) is 18.4 Å². The Balaban J connectivity index is 1.30. The van der Waals surface area contributed by atoms with E-state index in [1.54, 1.807) is 10.4 Å². The van der Waals surface area contributed by atoms with Gasteiger partial charge in [-0.25, -0.2) is 0 Å². The largest absolute Gasteiger partial charge is 0.345 e. The van der Waals surface area contributed by atoms with Crippen molar-refractivity contribution >= 4 is 64.4 Å². The van der Waals surface area contributed by atoms with Crippen LogP contribution >= 0.6 is 0 Å². The van der Waals surface area contributed by atoms with Crippen LogP contribution in [-0.4, -0.2) is 39.3 Å². The monoisotopic (exact) mass is 755 g/mol. The van der Waals surface area contributed by atoms with Crippen molar-refractivity contribution in [1.29, 1.82) is 0 Å². The molecule has 5 aromatic rings. The summed E-state index contributed by atoms with van der Waals surface area (Å²) >= 11 is 0. The first-order valence-electron chi connectivity index (χ1n) is 19.4. The van der Waals surface area contributed by atoms with E-state index in [2.05, 4.69) is 213 Å². The molecule has 5 heteroatoms. The Labute approximate surface area is 321 Å². The molecule has 274 valence electrons. The zero-order chi connectivity index (χ0) is 38.3. The Hall–Kier alpha value is -3.23. The van der Waals surface area contributed by atoms with E-state index in [1.165, 1.54) is 61.7 Å². The van der Waals surface area contributed by atoms with E-state index in [4.69, 9.17) is 0 Å². The SMILES string of the molecule is CN(c1ccc([Si](C)(C)C)cc1)c1ccc([Si](C)(C)CC[Si](C)(C)c2ccc(-c3cc(-c4ccc([Si](C)(C)C)cc4)cc(C(C)(C)C)c3)cc2)cc1. The molecular weight excluding hydrogens is 691 g/mol. The third kappa shape index (κ3) is 9.46. The smallest absolute Gasteiger partial charge is 0.0803 e. The molecule has 0 amide bonds. The summed E-state index contributed by atoms with van der Waals surface area (Å²) in [7, 11) is -3.68. The molecule has 0 spiro atoms. The number of hydrogen-bond donors (Lipinski definition) is 0. The van der Waals surface area contributed by atoms with Crippen molar-refractivity contribution in [3.63, 3.8) is 0 Å². The molecule has 0 unspecified atom stereocenters. The summed E-state index contributed by atoms with van der Waals surface area (Å²) in [5, 5.41) is 6.14. The molecule has 0 atom stereocenters. The van der Waals surface area contributed by atoms with E-state index in [-0.39, 0.29) is 5.41 Å². The highest BCUT2D eigenvalue weighted by Gasteiger charge is 2.30. The van der Waals surface area contributed by atoms with Crippen LogP contribution in [0.3, 0.4) is 0 Å². The van der Waals surface area contributed by atoms with Crippen LogP contribution in [0.5, 0.6) is 0 Å². The van der Waals surface area contributed by atoms with Crippen molar-refractivity contribution in [3.05, 3.63) is 121 Å². The van der Waals surface area contributed by atoms with Crippen LogP contribution in [0.25, 0.3) is 22.3 Å². The van der Waals surface area contributed by atoms with E-state index >= 15 is 0 Å². The van der Waals surface area contributed by atoms with Gasteiger partial charge in [0.25, 0.3) is 0 Å². The molecule has 1 nitrogen and oxygen atoms in total. The molecule has 0 aliphatic heterocycles. The average molecular weight is 756 g/mol. The van der Waals surface area contributed by atoms with Gasteiger partial charge in [-0.15, -0.1) is 0 Å². The summed E-state index contributed by atoms with van der Waals surface area (Å²) < 4.78 is 0. The zero-order valence-corrected chi connectivity index (χ0v) is 38.8. The minimum absolute atomic E-state index is 0.0737. The summed E-state index contributed by atoms with van der Waals surface area (Å²) in [5.74, 6) is 0. The molecule has 0 aliphatic rings. The van der Waals surface area contributed by atoms with Gasteiger partial charge in [0.05, 0.1) is 32.3 Å². The van der Waals surface area contributed by atoms with Crippen molar-refractivity contribution in [3.8, 4) is 22.3 Å². The van der Waals surface area contributed by atoms with Gasteiger partial charge in [-0.05, 0) is 63.6 Å². The quantitative estimate of drug-likeness (QED) is 0.121. The first-order chi connectivity index (χ1) is 24.0. The summed E-state index contributed by atoms with van der Waals surface area (Å²) in [5.41, 5.74) is 9.20. The Morgan fingerprint density at radius 3 is 1.04 bits per heavy atom. The van der Waals surface area contributed by atoms with Crippen molar-refractivity contribution in [2.75, 3.05) is 11.9 Å². The van der Waals surface area contributed by atoms with Gasteiger partial charge in [-0.1, -0.05) is 204 Å². The van der Waals surface area contributed by atoms with E-state index < -0.39 is 32.3 Å². The van der Waals surface area contributed by atoms with Crippen LogP contribution in [0.4, 0.5) is 11.4 Å². The van der Waals surface area contributed by atoms with Crippen molar-refractivity contribution < 1.29 is 0 Å². The van der Waals surface area contributed by atoms with Crippen molar-refractivity contribution in [2.45, 2.75) is 104 Å². The fourth-order valence-corrected chi connectivity index (χ4v) is 17.1. The fourth-order valence-electron chi connectivity index (χ4n) is 7.05. The van der Waals surface area contributed by atoms with Crippen molar-refractivity contribution in [1.82, 2.24) is 0 Å².